The van der Waals surface area contributed by atoms with Crippen LogP contribution in [-0.2, 0) is 4.79 Å². The van der Waals surface area contributed by atoms with E-state index in [9.17, 15) is 4.79 Å². The number of nitrogens with zero attached hydrogens (tertiary/aromatic N) is 1. The molecule has 5 nitrogen and oxygen atoms in total. The average Bonchev–Trinajstić information content (AvgIpc) is 2.96. The normalized spacial score (nSPS) is 20.9. The van der Waals surface area contributed by atoms with E-state index in [1.54, 1.807) is 4.90 Å². The van der Waals surface area contributed by atoms with Crippen molar-refractivity contribution in [2.24, 2.45) is 11.1 Å². The third kappa shape index (κ3) is 5.06. The zero-order valence-electron chi connectivity index (χ0n) is 13.8. The van der Waals surface area contributed by atoms with Crippen LogP contribution in [0.1, 0.15) is 31.9 Å². The lowest BCUT2D eigenvalue weighted by atomic mass is 9.93. The van der Waals surface area contributed by atoms with E-state index < -0.39 is 0 Å². The second kappa shape index (κ2) is 8.31. The summed E-state index contributed by atoms with van der Waals surface area (Å²) >= 11 is 6.22. The van der Waals surface area contributed by atoms with Crippen LogP contribution in [0.2, 0.25) is 5.02 Å². The predicted molar refractivity (Wildman–Crippen MR) is 96.6 cm³/mol. The zero-order chi connectivity index (χ0) is 16.3. The SMILES string of the molecule is CN(CC(C)(C)CN)C(=O)C1CC(c2ccccc2Cl)NN1.Cl. The van der Waals surface area contributed by atoms with Crippen molar-refractivity contribution in [2.45, 2.75) is 32.4 Å². The molecular weight excluding hydrogens is 335 g/mol. The molecule has 0 spiro atoms. The van der Waals surface area contributed by atoms with Crippen molar-refractivity contribution in [2.75, 3.05) is 20.1 Å². The first-order chi connectivity index (χ1) is 10.3. The Labute approximate surface area is 149 Å². The smallest absolute Gasteiger partial charge is 0.240 e. The van der Waals surface area contributed by atoms with Crippen LogP contribution in [0.25, 0.3) is 0 Å². The maximum atomic E-state index is 12.6. The Morgan fingerprint density at radius 1 is 1.39 bits per heavy atom. The van der Waals surface area contributed by atoms with Crippen LogP contribution >= 0.6 is 24.0 Å². The van der Waals surface area contributed by atoms with Gasteiger partial charge in [0, 0.05) is 24.7 Å². The van der Waals surface area contributed by atoms with Gasteiger partial charge in [0.15, 0.2) is 0 Å². The highest BCUT2D eigenvalue weighted by atomic mass is 35.5. The van der Waals surface area contributed by atoms with Crippen molar-refractivity contribution in [3.8, 4) is 0 Å². The van der Waals surface area contributed by atoms with Gasteiger partial charge in [-0.1, -0.05) is 43.6 Å². The first-order valence-corrected chi connectivity index (χ1v) is 7.92. The molecule has 1 aromatic rings. The number of hydrazine groups is 1. The maximum absolute atomic E-state index is 12.6. The van der Waals surface area contributed by atoms with Gasteiger partial charge in [-0.2, -0.15) is 0 Å². The Bertz CT molecular complexity index is 539. The summed E-state index contributed by atoms with van der Waals surface area (Å²) in [5.41, 5.74) is 12.9. The summed E-state index contributed by atoms with van der Waals surface area (Å²) < 4.78 is 0. The van der Waals surface area contributed by atoms with Crippen LogP contribution in [0.15, 0.2) is 24.3 Å². The molecule has 130 valence electrons. The highest BCUT2D eigenvalue weighted by Gasteiger charge is 2.33. The van der Waals surface area contributed by atoms with E-state index >= 15 is 0 Å². The summed E-state index contributed by atoms with van der Waals surface area (Å²) in [6.07, 6.45) is 0.677. The van der Waals surface area contributed by atoms with Crippen molar-refractivity contribution in [1.29, 1.82) is 0 Å². The number of benzene rings is 1. The van der Waals surface area contributed by atoms with Gasteiger partial charge >= 0.3 is 0 Å². The fraction of sp³-hybridized carbons (Fsp3) is 0.562. The molecule has 0 bridgehead atoms. The molecule has 2 rings (SSSR count). The molecule has 2 unspecified atom stereocenters. The molecule has 1 aromatic carbocycles. The van der Waals surface area contributed by atoms with Crippen molar-refractivity contribution in [1.82, 2.24) is 15.8 Å². The number of carbonyl (C=O) groups excluding carboxylic acids is 1. The molecule has 1 aliphatic rings. The summed E-state index contributed by atoms with van der Waals surface area (Å²) in [5.74, 6) is 0.0728. The maximum Gasteiger partial charge on any atom is 0.240 e. The fourth-order valence-electron chi connectivity index (χ4n) is 2.73. The molecule has 0 aromatic heterocycles. The highest BCUT2D eigenvalue weighted by molar-refractivity contribution is 6.31. The van der Waals surface area contributed by atoms with Crippen LogP contribution in [0.4, 0.5) is 0 Å². The number of likely N-dealkylation sites (N-methyl/N-ethyl adjacent to an activating group) is 1. The molecule has 1 heterocycles. The summed E-state index contributed by atoms with van der Waals surface area (Å²) in [7, 11) is 1.82. The van der Waals surface area contributed by atoms with Crippen molar-refractivity contribution < 1.29 is 4.79 Å². The Morgan fingerprint density at radius 3 is 2.65 bits per heavy atom. The average molecular weight is 361 g/mol. The second-order valence-corrected chi connectivity index (χ2v) is 7.12. The molecule has 0 saturated carbocycles. The standard InChI is InChI=1S/C16H25ClN4O.ClH/c1-16(2,9-18)10-21(3)15(22)14-8-13(19-20-14)11-6-4-5-7-12(11)17;/h4-7,13-14,19-20H,8-10,18H2,1-3H3;1H. The van der Waals surface area contributed by atoms with Gasteiger partial charge in [-0.25, -0.2) is 10.9 Å². The first kappa shape index (κ1) is 20.2. The van der Waals surface area contributed by atoms with Gasteiger partial charge in [0.25, 0.3) is 0 Å². The summed E-state index contributed by atoms with van der Waals surface area (Å²) in [4.78, 5) is 14.3. The third-order valence-corrected chi connectivity index (χ3v) is 4.42. The Kier molecular flexibility index (Phi) is 7.29. The van der Waals surface area contributed by atoms with Gasteiger partial charge in [-0.05, 0) is 30.0 Å². The molecule has 1 amide bonds. The summed E-state index contributed by atoms with van der Waals surface area (Å²) in [6.45, 7) is 5.30. The lowest BCUT2D eigenvalue weighted by Crippen LogP contribution is -2.47. The van der Waals surface area contributed by atoms with Crippen LogP contribution in [-0.4, -0.2) is 37.0 Å². The number of hydrogen-bond acceptors (Lipinski definition) is 4. The Morgan fingerprint density at radius 2 is 2.04 bits per heavy atom. The predicted octanol–water partition coefficient (Wildman–Crippen LogP) is 2.11. The molecular formula is C16H26Cl2N4O. The highest BCUT2D eigenvalue weighted by Crippen LogP contribution is 2.28. The zero-order valence-corrected chi connectivity index (χ0v) is 15.4. The molecule has 0 aliphatic carbocycles. The van der Waals surface area contributed by atoms with E-state index in [0.29, 0.717) is 24.5 Å². The topological polar surface area (TPSA) is 70.4 Å². The van der Waals surface area contributed by atoms with Crippen molar-refractivity contribution in [3.63, 3.8) is 0 Å². The Hall–Kier alpha value is -0.850. The second-order valence-electron chi connectivity index (χ2n) is 6.71. The molecule has 0 radical (unpaired) electrons. The Balaban J connectivity index is 0.00000264. The van der Waals surface area contributed by atoms with Crippen LogP contribution in [0.5, 0.6) is 0 Å². The lowest BCUT2D eigenvalue weighted by molar-refractivity contribution is -0.133. The van der Waals surface area contributed by atoms with Crippen molar-refractivity contribution >= 4 is 29.9 Å². The minimum atomic E-state index is -0.250. The van der Waals surface area contributed by atoms with Gasteiger partial charge < -0.3 is 10.6 Å². The van der Waals surface area contributed by atoms with E-state index in [0.717, 1.165) is 5.56 Å². The van der Waals surface area contributed by atoms with Gasteiger partial charge in [0.1, 0.15) is 6.04 Å². The minimum absolute atomic E-state index is 0. The lowest BCUT2D eigenvalue weighted by Gasteiger charge is -2.30. The molecule has 2 atom stereocenters. The number of carbonyl (C=O) groups is 1. The molecule has 7 heteroatoms. The van der Waals surface area contributed by atoms with E-state index in [1.807, 2.05) is 31.3 Å². The number of hydrogen-bond donors (Lipinski definition) is 3. The van der Waals surface area contributed by atoms with Gasteiger partial charge in [-0.3, -0.25) is 4.79 Å². The number of halogens is 2. The third-order valence-electron chi connectivity index (χ3n) is 4.08. The van der Waals surface area contributed by atoms with E-state index in [-0.39, 0.29) is 35.8 Å². The van der Waals surface area contributed by atoms with E-state index in [1.165, 1.54) is 0 Å². The quantitative estimate of drug-likeness (QED) is 0.751. The van der Waals surface area contributed by atoms with Crippen LogP contribution in [0.3, 0.4) is 0 Å². The fourth-order valence-corrected chi connectivity index (χ4v) is 3.00. The van der Waals surface area contributed by atoms with E-state index in [2.05, 4.69) is 24.7 Å². The van der Waals surface area contributed by atoms with Gasteiger partial charge in [0.05, 0.1) is 0 Å². The molecule has 1 saturated heterocycles. The summed E-state index contributed by atoms with van der Waals surface area (Å²) in [6, 6.07) is 7.49. The van der Waals surface area contributed by atoms with Crippen LogP contribution < -0.4 is 16.6 Å². The van der Waals surface area contributed by atoms with Crippen molar-refractivity contribution in [3.05, 3.63) is 34.9 Å². The van der Waals surface area contributed by atoms with Gasteiger partial charge in [0.2, 0.25) is 5.91 Å². The number of rotatable bonds is 5. The van der Waals surface area contributed by atoms with Gasteiger partial charge in [-0.15, -0.1) is 12.4 Å². The molecule has 1 aliphatic heterocycles. The minimum Gasteiger partial charge on any atom is -0.344 e. The first-order valence-electron chi connectivity index (χ1n) is 7.54. The van der Waals surface area contributed by atoms with E-state index in [4.69, 9.17) is 17.3 Å². The molecule has 4 N–H and O–H groups in total. The number of amides is 1. The molecule has 23 heavy (non-hydrogen) atoms. The largest absolute Gasteiger partial charge is 0.344 e. The molecule has 1 fully saturated rings. The number of nitrogens with one attached hydrogen (secondary N) is 2. The van der Waals surface area contributed by atoms with Crippen LogP contribution in [0, 0.1) is 5.41 Å². The summed E-state index contributed by atoms with van der Waals surface area (Å²) in [5, 5.41) is 0.715. The number of nitrogens with two attached hydrogens (primary N) is 1. The monoisotopic (exact) mass is 360 g/mol.